The molecule has 1 aliphatic rings. The Morgan fingerprint density at radius 3 is 2.46 bits per heavy atom. The molecule has 0 aliphatic carbocycles. The lowest BCUT2D eigenvalue weighted by Crippen LogP contribution is -2.64. The maximum Gasteiger partial charge on any atom is 0.248 e. The van der Waals surface area contributed by atoms with E-state index in [2.05, 4.69) is 5.32 Å². The van der Waals surface area contributed by atoms with Crippen LogP contribution < -0.4 is 5.32 Å². The van der Waals surface area contributed by atoms with Gasteiger partial charge in [0.2, 0.25) is 11.8 Å². The molecule has 1 heterocycles. The fraction of sp³-hybridized carbons (Fsp3) is 0.714. The maximum absolute atomic E-state index is 11.3. The molecule has 2 atom stereocenters. The molecule has 2 amide bonds. The van der Waals surface area contributed by atoms with Crippen LogP contribution in [0.1, 0.15) is 0 Å². The topological polar surface area (TPSA) is 89.9 Å². The molecule has 1 aliphatic heterocycles. The Labute approximate surface area is 75.1 Å². The predicted octanol–water partition coefficient (Wildman–Crippen LogP) is -2.70. The molecular formula is C7H12N2O4. The number of hydrogen-bond acceptors (Lipinski definition) is 4. The Bertz CT molecular complexity index is 231. The molecular weight excluding hydrogens is 176 g/mol. The molecule has 0 aromatic heterocycles. The Balaban J connectivity index is 2.78. The fourth-order valence-electron chi connectivity index (χ4n) is 1.23. The van der Waals surface area contributed by atoms with Gasteiger partial charge in [0, 0.05) is 7.05 Å². The van der Waals surface area contributed by atoms with Gasteiger partial charge in [-0.15, -0.1) is 0 Å². The average molecular weight is 188 g/mol. The van der Waals surface area contributed by atoms with E-state index >= 15 is 0 Å². The first-order valence-corrected chi connectivity index (χ1v) is 3.90. The van der Waals surface area contributed by atoms with Gasteiger partial charge < -0.3 is 20.4 Å². The van der Waals surface area contributed by atoms with E-state index in [-0.39, 0.29) is 5.91 Å². The summed E-state index contributed by atoms with van der Waals surface area (Å²) in [6.07, 6.45) is 0. The van der Waals surface area contributed by atoms with Crippen LogP contribution in [0, 0.1) is 0 Å². The third kappa shape index (κ3) is 1.63. The van der Waals surface area contributed by atoms with Gasteiger partial charge in [-0.2, -0.15) is 0 Å². The maximum atomic E-state index is 11.3. The van der Waals surface area contributed by atoms with Gasteiger partial charge in [-0.25, -0.2) is 0 Å². The van der Waals surface area contributed by atoms with Crippen LogP contribution in [0.25, 0.3) is 0 Å². The van der Waals surface area contributed by atoms with E-state index < -0.39 is 31.2 Å². The number of carbonyl (C=O) groups excluding carboxylic acids is 2. The lowest BCUT2D eigenvalue weighted by Gasteiger charge is -2.34. The van der Waals surface area contributed by atoms with Crippen molar-refractivity contribution in [1.29, 1.82) is 0 Å². The quantitative estimate of drug-likeness (QED) is 0.439. The van der Waals surface area contributed by atoms with Gasteiger partial charge in [0.1, 0.15) is 12.1 Å². The SMILES string of the molecule is CN1C(=O)C(CO)NC(=O)C1CO. The number of piperazine rings is 1. The molecule has 6 nitrogen and oxygen atoms in total. The highest BCUT2D eigenvalue weighted by molar-refractivity contribution is 5.96. The summed E-state index contributed by atoms with van der Waals surface area (Å²) in [6.45, 7) is -0.834. The van der Waals surface area contributed by atoms with Crippen molar-refractivity contribution in [2.45, 2.75) is 12.1 Å². The second-order valence-corrected chi connectivity index (χ2v) is 2.89. The van der Waals surface area contributed by atoms with Crippen LogP contribution >= 0.6 is 0 Å². The van der Waals surface area contributed by atoms with Crippen LogP contribution in [0.2, 0.25) is 0 Å². The van der Waals surface area contributed by atoms with Gasteiger partial charge in [-0.05, 0) is 0 Å². The minimum Gasteiger partial charge on any atom is -0.394 e. The van der Waals surface area contributed by atoms with E-state index in [0.717, 1.165) is 4.90 Å². The molecule has 0 radical (unpaired) electrons. The molecule has 1 fully saturated rings. The Morgan fingerprint density at radius 2 is 2.00 bits per heavy atom. The molecule has 13 heavy (non-hydrogen) atoms. The van der Waals surface area contributed by atoms with Gasteiger partial charge in [0.05, 0.1) is 13.2 Å². The second kappa shape index (κ2) is 3.71. The van der Waals surface area contributed by atoms with Crippen LogP contribution in [-0.4, -0.2) is 59.3 Å². The van der Waals surface area contributed by atoms with Crippen molar-refractivity contribution in [2.24, 2.45) is 0 Å². The highest BCUT2D eigenvalue weighted by Gasteiger charge is 2.37. The number of likely N-dealkylation sites (N-methyl/N-ethyl adjacent to an activating group) is 1. The van der Waals surface area contributed by atoms with Gasteiger partial charge >= 0.3 is 0 Å². The summed E-state index contributed by atoms with van der Waals surface area (Å²) in [5, 5.41) is 19.8. The number of aliphatic hydroxyl groups excluding tert-OH is 2. The van der Waals surface area contributed by atoms with E-state index in [0.29, 0.717) is 0 Å². The van der Waals surface area contributed by atoms with Crippen molar-refractivity contribution >= 4 is 11.8 Å². The van der Waals surface area contributed by atoms with Gasteiger partial charge in [-0.1, -0.05) is 0 Å². The number of rotatable bonds is 2. The molecule has 0 saturated carbocycles. The smallest absolute Gasteiger partial charge is 0.248 e. The number of carbonyl (C=O) groups is 2. The largest absolute Gasteiger partial charge is 0.394 e. The highest BCUT2D eigenvalue weighted by atomic mass is 16.3. The van der Waals surface area contributed by atoms with E-state index in [9.17, 15) is 9.59 Å². The van der Waals surface area contributed by atoms with Crippen molar-refractivity contribution in [2.75, 3.05) is 20.3 Å². The van der Waals surface area contributed by atoms with Crippen molar-refractivity contribution in [3.8, 4) is 0 Å². The minimum atomic E-state index is -0.875. The summed E-state index contributed by atoms with van der Waals surface area (Å²) in [4.78, 5) is 23.6. The van der Waals surface area contributed by atoms with E-state index in [1.807, 2.05) is 0 Å². The normalized spacial score (nSPS) is 29.0. The van der Waals surface area contributed by atoms with E-state index in [4.69, 9.17) is 10.2 Å². The summed E-state index contributed by atoms with van der Waals surface area (Å²) in [7, 11) is 1.42. The van der Waals surface area contributed by atoms with Crippen molar-refractivity contribution in [3.05, 3.63) is 0 Å². The molecule has 1 rings (SSSR count). The zero-order valence-electron chi connectivity index (χ0n) is 7.23. The lowest BCUT2D eigenvalue weighted by atomic mass is 10.1. The van der Waals surface area contributed by atoms with Crippen molar-refractivity contribution in [1.82, 2.24) is 10.2 Å². The van der Waals surface area contributed by atoms with Gasteiger partial charge in [0.25, 0.3) is 0 Å². The average Bonchev–Trinajstić information content (AvgIpc) is 2.12. The van der Waals surface area contributed by atoms with Crippen molar-refractivity contribution < 1.29 is 19.8 Å². The zero-order valence-corrected chi connectivity index (χ0v) is 7.23. The fourth-order valence-corrected chi connectivity index (χ4v) is 1.23. The van der Waals surface area contributed by atoms with Crippen LogP contribution in [0.4, 0.5) is 0 Å². The molecule has 2 unspecified atom stereocenters. The van der Waals surface area contributed by atoms with Gasteiger partial charge in [-0.3, -0.25) is 9.59 Å². The van der Waals surface area contributed by atoms with Crippen LogP contribution in [0.3, 0.4) is 0 Å². The standard InChI is InChI=1S/C7H12N2O4/c1-9-5(3-11)6(12)8-4(2-10)7(9)13/h4-5,10-11H,2-3H2,1H3,(H,8,12). The van der Waals surface area contributed by atoms with E-state index in [1.165, 1.54) is 7.05 Å². The molecule has 3 N–H and O–H groups in total. The molecule has 6 heteroatoms. The van der Waals surface area contributed by atoms with E-state index in [1.54, 1.807) is 0 Å². The summed E-state index contributed by atoms with van der Waals surface area (Å²) in [5.41, 5.74) is 0. The molecule has 0 aromatic carbocycles. The van der Waals surface area contributed by atoms with Crippen LogP contribution in [-0.2, 0) is 9.59 Å². The number of amides is 2. The Kier molecular flexibility index (Phi) is 2.84. The number of aliphatic hydroxyl groups is 2. The second-order valence-electron chi connectivity index (χ2n) is 2.89. The highest BCUT2D eigenvalue weighted by Crippen LogP contribution is 2.06. The van der Waals surface area contributed by atoms with Crippen molar-refractivity contribution in [3.63, 3.8) is 0 Å². The number of nitrogens with one attached hydrogen (secondary N) is 1. The monoisotopic (exact) mass is 188 g/mol. The number of nitrogens with zero attached hydrogens (tertiary/aromatic N) is 1. The van der Waals surface area contributed by atoms with Gasteiger partial charge in [0.15, 0.2) is 0 Å². The predicted molar refractivity (Wildman–Crippen MR) is 42.7 cm³/mol. The lowest BCUT2D eigenvalue weighted by molar-refractivity contribution is -0.150. The first-order chi connectivity index (χ1) is 6.11. The first-order valence-electron chi connectivity index (χ1n) is 3.90. The van der Waals surface area contributed by atoms with Crippen LogP contribution in [0.15, 0.2) is 0 Å². The zero-order chi connectivity index (χ0) is 10.0. The summed E-state index contributed by atoms with van der Waals surface area (Å²) >= 11 is 0. The Morgan fingerprint density at radius 1 is 1.38 bits per heavy atom. The third-order valence-electron chi connectivity index (χ3n) is 2.09. The van der Waals surface area contributed by atoms with Crippen LogP contribution in [0.5, 0.6) is 0 Å². The first kappa shape index (κ1) is 9.94. The Hall–Kier alpha value is -1.14. The number of hydrogen-bond donors (Lipinski definition) is 3. The molecule has 0 bridgehead atoms. The molecule has 1 saturated heterocycles. The summed E-state index contributed by atoms with van der Waals surface area (Å²) in [5.74, 6) is -0.829. The summed E-state index contributed by atoms with van der Waals surface area (Å²) in [6, 6.07) is -1.71. The third-order valence-corrected chi connectivity index (χ3v) is 2.09. The molecule has 0 aromatic rings. The molecule has 0 spiro atoms. The summed E-state index contributed by atoms with van der Waals surface area (Å²) < 4.78 is 0. The molecule has 74 valence electrons. The minimum absolute atomic E-state index is 0.388.